The molecular weight excluding hydrogens is 263 g/mol. The Morgan fingerprint density at radius 2 is 2.06 bits per heavy atom. The number of urea groups is 1. The number of aliphatic hydroxyl groups is 1. The molecule has 3 N–H and O–H groups in total. The number of unbranched alkanes of at least 4 members (excludes halogenated alkanes) is 1. The number of amides is 2. The average Bonchev–Trinajstić information content (AvgIpc) is 2.29. The van der Waals surface area contributed by atoms with Crippen molar-refractivity contribution in [2.75, 3.05) is 18.5 Å². The van der Waals surface area contributed by atoms with Gasteiger partial charge in [0.25, 0.3) is 0 Å². The molecule has 0 unspecified atom stereocenters. The van der Waals surface area contributed by atoms with Gasteiger partial charge >= 0.3 is 6.03 Å². The van der Waals surface area contributed by atoms with Crippen LogP contribution >= 0.6 is 23.2 Å². The van der Waals surface area contributed by atoms with E-state index in [-0.39, 0.29) is 12.6 Å². The Morgan fingerprint density at radius 1 is 1.29 bits per heavy atom. The van der Waals surface area contributed by atoms with Crippen LogP contribution in [0.3, 0.4) is 0 Å². The van der Waals surface area contributed by atoms with Gasteiger partial charge in [-0.3, -0.25) is 0 Å². The molecule has 1 rings (SSSR count). The minimum Gasteiger partial charge on any atom is -0.396 e. The lowest BCUT2D eigenvalue weighted by atomic mass is 10.3. The molecule has 0 saturated heterocycles. The molecule has 0 saturated carbocycles. The third-order valence-corrected chi connectivity index (χ3v) is 2.61. The fraction of sp³-hybridized carbons (Fsp3) is 0.364. The third-order valence-electron chi connectivity index (χ3n) is 2.05. The molecule has 2 amide bonds. The normalized spacial score (nSPS) is 10.1. The smallest absolute Gasteiger partial charge is 0.319 e. The number of nitrogens with one attached hydrogen (secondary N) is 2. The molecule has 4 nitrogen and oxygen atoms in total. The van der Waals surface area contributed by atoms with Crippen LogP contribution in [-0.2, 0) is 0 Å². The van der Waals surface area contributed by atoms with Crippen LogP contribution in [0.15, 0.2) is 18.2 Å². The molecule has 1 aromatic rings. The van der Waals surface area contributed by atoms with E-state index >= 15 is 0 Å². The summed E-state index contributed by atoms with van der Waals surface area (Å²) in [5.74, 6) is 0. The topological polar surface area (TPSA) is 61.4 Å². The van der Waals surface area contributed by atoms with Crippen LogP contribution in [0.5, 0.6) is 0 Å². The number of anilines is 1. The van der Waals surface area contributed by atoms with Crippen LogP contribution in [0.1, 0.15) is 12.8 Å². The van der Waals surface area contributed by atoms with Crippen molar-refractivity contribution in [3.8, 4) is 0 Å². The first-order valence-corrected chi connectivity index (χ1v) is 6.00. The van der Waals surface area contributed by atoms with Crippen LogP contribution in [0.2, 0.25) is 10.0 Å². The minimum atomic E-state index is -0.341. The van der Waals surface area contributed by atoms with Gasteiger partial charge in [-0.05, 0) is 31.0 Å². The predicted octanol–water partition coefficient (Wildman–Crippen LogP) is 2.89. The lowest BCUT2D eigenvalue weighted by molar-refractivity contribution is 0.250. The molecule has 0 aliphatic carbocycles. The number of halogens is 2. The third kappa shape index (κ3) is 5.26. The molecule has 17 heavy (non-hydrogen) atoms. The number of hydrogen-bond donors (Lipinski definition) is 3. The average molecular weight is 277 g/mol. The lowest BCUT2D eigenvalue weighted by Crippen LogP contribution is -2.29. The zero-order chi connectivity index (χ0) is 12.7. The molecule has 0 spiro atoms. The number of rotatable bonds is 5. The van der Waals surface area contributed by atoms with Crippen molar-refractivity contribution in [1.29, 1.82) is 0 Å². The summed E-state index contributed by atoms with van der Waals surface area (Å²) < 4.78 is 0. The highest BCUT2D eigenvalue weighted by Crippen LogP contribution is 2.25. The number of hydrogen-bond acceptors (Lipinski definition) is 2. The molecule has 0 aliphatic heterocycles. The Morgan fingerprint density at radius 3 is 2.76 bits per heavy atom. The maximum Gasteiger partial charge on any atom is 0.319 e. The number of benzene rings is 1. The van der Waals surface area contributed by atoms with Gasteiger partial charge < -0.3 is 15.7 Å². The zero-order valence-corrected chi connectivity index (χ0v) is 10.7. The summed E-state index contributed by atoms with van der Waals surface area (Å²) in [6, 6.07) is 4.50. The first-order valence-electron chi connectivity index (χ1n) is 5.24. The van der Waals surface area contributed by atoms with Gasteiger partial charge in [0.15, 0.2) is 0 Å². The van der Waals surface area contributed by atoms with E-state index in [1.807, 2.05) is 0 Å². The molecular formula is C11H14Cl2N2O2. The van der Waals surface area contributed by atoms with Gasteiger partial charge in [0, 0.05) is 18.2 Å². The van der Waals surface area contributed by atoms with Crippen LogP contribution in [0, 0.1) is 0 Å². The second kappa shape index (κ2) is 7.37. The number of carbonyl (C=O) groups excluding carboxylic acids is 1. The van der Waals surface area contributed by atoms with E-state index in [9.17, 15) is 4.79 Å². The quantitative estimate of drug-likeness (QED) is 0.725. The maximum absolute atomic E-state index is 11.5. The molecule has 0 aliphatic rings. The highest BCUT2D eigenvalue weighted by atomic mass is 35.5. The summed E-state index contributed by atoms with van der Waals surface area (Å²) in [4.78, 5) is 11.5. The van der Waals surface area contributed by atoms with Gasteiger partial charge in [-0.1, -0.05) is 23.2 Å². The predicted molar refractivity (Wildman–Crippen MR) is 69.8 cm³/mol. The van der Waals surface area contributed by atoms with Crippen molar-refractivity contribution < 1.29 is 9.90 Å². The van der Waals surface area contributed by atoms with Gasteiger partial charge in [-0.15, -0.1) is 0 Å². The molecule has 0 bridgehead atoms. The van der Waals surface area contributed by atoms with Gasteiger partial charge in [0.1, 0.15) is 0 Å². The van der Waals surface area contributed by atoms with E-state index in [4.69, 9.17) is 28.3 Å². The molecule has 1 aromatic carbocycles. The molecule has 0 fully saturated rings. The monoisotopic (exact) mass is 276 g/mol. The van der Waals surface area contributed by atoms with Crippen molar-refractivity contribution in [2.24, 2.45) is 0 Å². The minimum absolute atomic E-state index is 0.128. The summed E-state index contributed by atoms with van der Waals surface area (Å²) in [5.41, 5.74) is 0.471. The van der Waals surface area contributed by atoms with E-state index in [1.54, 1.807) is 18.2 Å². The second-order valence-electron chi connectivity index (χ2n) is 3.44. The Bertz CT molecular complexity index is 386. The van der Waals surface area contributed by atoms with Gasteiger partial charge in [-0.25, -0.2) is 4.79 Å². The van der Waals surface area contributed by atoms with Gasteiger partial charge in [-0.2, -0.15) is 0 Å². The van der Waals surface area contributed by atoms with E-state index in [0.29, 0.717) is 28.7 Å². The molecule has 6 heteroatoms. The maximum atomic E-state index is 11.5. The zero-order valence-electron chi connectivity index (χ0n) is 9.17. The van der Waals surface area contributed by atoms with Crippen molar-refractivity contribution in [2.45, 2.75) is 12.8 Å². The molecule has 94 valence electrons. The summed E-state index contributed by atoms with van der Waals surface area (Å²) >= 11 is 11.7. The first-order chi connectivity index (χ1) is 8.13. The first kappa shape index (κ1) is 14.1. The second-order valence-corrected chi connectivity index (χ2v) is 4.28. The summed E-state index contributed by atoms with van der Waals surface area (Å²) in [5, 5.41) is 14.8. The fourth-order valence-electron chi connectivity index (χ4n) is 1.20. The van der Waals surface area contributed by atoms with E-state index in [2.05, 4.69) is 10.6 Å². The van der Waals surface area contributed by atoms with Crippen molar-refractivity contribution in [1.82, 2.24) is 5.32 Å². The Kier molecular flexibility index (Phi) is 6.11. The highest BCUT2D eigenvalue weighted by Gasteiger charge is 2.05. The van der Waals surface area contributed by atoms with E-state index in [1.165, 1.54) is 0 Å². The van der Waals surface area contributed by atoms with Crippen molar-refractivity contribution in [3.05, 3.63) is 28.2 Å². The number of aliphatic hydroxyl groups excluding tert-OH is 1. The van der Waals surface area contributed by atoms with Crippen LogP contribution in [0.4, 0.5) is 10.5 Å². The molecule has 0 aromatic heterocycles. The highest BCUT2D eigenvalue weighted by molar-refractivity contribution is 6.35. The number of carbonyl (C=O) groups is 1. The standard InChI is InChI=1S/C11H14Cl2N2O2/c12-8-3-4-9(13)10(7-8)15-11(17)14-5-1-2-6-16/h3-4,7,16H,1-2,5-6H2,(H2,14,15,17). The summed E-state index contributed by atoms with van der Waals surface area (Å²) in [6.45, 7) is 0.633. The van der Waals surface area contributed by atoms with Crippen LogP contribution in [-0.4, -0.2) is 24.3 Å². The largest absolute Gasteiger partial charge is 0.396 e. The van der Waals surface area contributed by atoms with Crippen molar-refractivity contribution >= 4 is 34.9 Å². The van der Waals surface area contributed by atoms with Gasteiger partial charge in [0.05, 0.1) is 10.7 Å². The fourth-order valence-corrected chi connectivity index (χ4v) is 1.54. The molecule has 0 radical (unpaired) electrons. The Labute approximate surface area is 110 Å². The molecule has 0 atom stereocenters. The summed E-state index contributed by atoms with van der Waals surface area (Å²) in [6.07, 6.45) is 1.39. The van der Waals surface area contributed by atoms with E-state index in [0.717, 1.165) is 6.42 Å². The lowest BCUT2D eigenvalue weighted by Gasteiger charge is -2.09. The van der Waals surface area contributed by atoms with Crippen molar-refractivity contribution in [3.63, 3.8) is 0 Å². The SMILES string of the molecule is O=C(NCCCCO)Nc1cc(Cl)ccc1Cl. The van der Waals surface area contributed by atoms with Crippen LogP contribution < -0.4 is 10.6 Å². The Hall–Kier alpha value is -0.970. The van der Waals surface area contributed by atoms with Gasteiger partial charge in [0.2, 0.25) is 0 Å². The molecule has 0 heterocycles. The van der Waals surface area contributed by atoms with Crippen LogP contribution in [0.25, 0.3) is 0 Å². The summed E-state index contributed by atoms with van der Waals surface area (Å²) in [7, 11) is 0. The Balaban J connectivity index is 2.42. The van der Waals surface area contributed by atoms with E-state index < -0.39 is 0 Å².